The summed E-state index contributed by atoms with van der Waals surface area (Å²) in [6.07, 6.45) is 0. The van der Waals surface area contributed by atoms with Gasteiger partial charge in [-0.2, -0.15) is 0 Å². The zero-order chi connectivity index (χ0) is 9.03. The van der Waals surface area contributed by atoms with Crippen LogP contribution < -0.4 is 0 Å². The van der Waals surface area contributed by atoms with Gasteiger partial charge in [-0.15, -0.1) is 0 Å². The summed E-state index contributed by atoms with van der Waals surface area (Å²) in [5.41, 5.74) is 0. The lowest BCUT2D eigenvalue weighted by Crippen LogP contribution is -2.55. The van der Waals surface area contributed by atoms with Crippen LogP contribution in [0.4, 0.5) is 0 Å². The van der Waals surface area contributed by atoms with Crippen LogP contribution in [0, 0.1) is 6.92 Å². The van der Waals surface area contributed by atoms with Crippen LogP contribution in [0.2, 0.25) is 0 Å². The van der Waals surface area contributed by atoms with Crippen LogP contribution in [0.25, 0.3) is 0 Å². The first-order chi connectivity index (χ1) is 5.64. The van der Waals surface area contributed by atoms with Crippen molar-refractivity contribution in [3.8, 4) is 0 Å². The summed E-state index contributed by atoms with van der Waals surface area (Å²) < 4.78 is 6.39. The number of piperazine rings is 1. The molecule has 1 aliphatic heterocycles. The Kier molecular flexibility index (Phi) is 3.50. The van der Waals surface area contributed by atoms with Crippen LogP contribution in [0.3, 0.4) is 0 Å². The van der Waals surface area contributed by atoms with Gasteiger partial charge in [0.25, 0.3) is 0 Å². The topological polar surface area (TPSA) is 12.5 Å². The van der Waals surface area contributed by atoms with Crippen molar-refractivity contribution in [1.82, 2.24) is 4.90 Å². The van der Waals surface area contributed by atoms with Crippen molar-refractivity contribution in [2.24, 2.45) is 0 Å². The molecule has 0 saturated carbocycles. The monoisotopic (exact) mass is 172 g/mol. The van der Waals surface area contributed by atoms with Crippen molar-refractivity contribution < 1.29 is 9.22 Å². The molecule has 1 heterocycles. The summed E-state index contributed by atoms with van der Waals surface area (Å²) in [5.74, 6) is 0. The second-order valence-corrected chi connectivity index (χ2v) is 4.04. The molecule has 0 aromatic heterocycles. The summed E-state index contributed by atoms with van der Waals surface area (Å²) in [6.45, 7) is 9.71. The lowest BCUT2D eigenvalue weighted by Gasteiger charge is -2.38. The lowest BCUT2D eigenvalue weighted by atomic mass is 10.3. The SMILES string of the molecule is [CH2]COCN1CC[N+](C)(C)CC1. The fourth-order valence-electron chi connectivity index (χ4n) is 1.37. The number of quaternary nitrogens is 1. The van der Waals surface area contributed by atoms with E-state index in [1.165, 1.54) is 13.1 Å². The van der Waals surface area contributed by atoms with Gasteiger partial charge >= 0.3 is 0 Å². The summed E-state index contributed by atoms with van der Waals surface area (Å²) in [4.78, 5) is 2.34. The van der Waals surface area contributed by atoms with Gasteiger partial charge in [-0.25, -0.2) is 0 Å². The molecule has 0 unspecified atom stereocenters. The molecular formula is C9H20N2O+. The van der Waals surface area contributed by atoms with E-state index in [2.05, 4.69) is 25.9 Å². The van der Waals surface area contributed by atoms with Gasteiger partial charge in [0.05, 0.1) is 47.0 Å². The number of rotatable bonds is 3. The van der Waals surface area contributed by atoms with E-state index in [4.69, 9.17) is 4.74 Å². The van der Waals surface area contributed by atoms with Gasteiger partial charge in [-0.1, -0.05) is 0 Å². The van der Waals surface area contributed by atoms with Gasteiger partial charge in [0.15, 0.2) is 0 Å². The maximum atomic E-state index is 5.25. The van der Waals surface area contributed by atoms with E-state index in [9.17, 15) is 0 Å². The zero-order valence-electron chi connectivity index (χ0n) is 8.25. The second-order valence-electron chi connectivity index (χ2n) is 4.04. The predicted molar refractivity (Wildman–Crippen MR) is 49.6 cm³/mol. The molecule has 1 saturated heterocycles. The molecule has 0 amide bonds. The van der Waals surface area contributed by atoms with Crippen LogP contribution in [-0.4, -0.2) is 63.0 Å². The van der Waals surface area contributed by atoms with Crippen LogP contribution in [0.15, 0.2) is 0 Å². The van der Waals surface area contributed by atoms with Gasteiger partial charge in [0.1, 0.15) is 0 Å². The fraction of sp³-hybridized carbons (Fsp3) is 0.889. The minimum Gasteiger partial charge on any atom is -0.366 e. The summed E-state index contributed by atoms with van der Waals surface area (Å²) >= 11 is 0. The number of hydrogen-bond donors (Lipinski definition) is 0. The van der Waals surface area contributed by atoms with Crippen LogP contribution >= 0.6 is 0 Å². The van der Waals surface area contributed by atoms with E-state index in [1.807, 2.05) is 0 Å². The molecule has 0 bridgehead atoms. The molecule has 12 heavy (non-hydrogen) atoms. The quantitative estimate of drug-likeness (QED) is 0.563. The van der Waals surface area contributed by atoms with Crippen molar-refractivity contribution in [3.63, 3.8) is 0 Å². The zero-order valence-corrected chi connectivity index (χ0v) is 8.25. The Hall–Kier alpha value is -0.120. The third-order valence-corrected chi connectivity index (χ3v) is 2.46. The molecular weight excluding hydrogens is 152 g/mol. The Balaban J connectivity index is 2.18. The van der Waals surface area contributed by atoms with Crippen LogP contribution in [0.5, 0.6) is 0 Å². The molecule has 1 aliphatic rings. The van der Waals surface area contributed by atoms with Crippen LogP contribution in [-0.2, 0) is 4.74 Å². The minimum atomic E-state index is 0.578. The second kappa shape index (κ2) is 4.21. The van der Waals surface area contributed by atoms with Crippen molar-refractivity contribution in [3.05, 3.63) is 6.92 Å². The Labute approximate surface area is 75.5 Å². The first kappa shape index (κ1) is 9.96. The van der Waals surface area contributed by atoms with Gasteiger partial charge in [-0.05, 0) is 6.92 Å². The molecule has 0 aromatic carbocycles. The van der Waals surface area contributed by atoms with Crippen molar-refractivity contribution >= 4 is 0 Å². The fourth-order valence-corrected chi connectivity index (χ4v) is 1.37. The average Bonchev–Trinajstić information content (AvgIpc) is 2.03. The molecule has 0 N–H and O–H groups in total. The smallest absolute Gasteiger partial charge is 0.0994 e. The van der Waals surface area contributed by atoms with Gasteiger partial charge in [0.2, 0.25) is 0 Å². The molecule has 1 radical (unpaired) electrons. The Morgan fingerprint density at radius 2 is 1.92 bits per heavy atom. The number of ether oxygens (including phenoxy) is 1. The molecule has 3 nitrogen and oxygen atoms in total. The first-order valence-electron chi connectivity index (χ1n) is 4.55. The summed E-state index contributed by atoms with van der Waals surface area (Å²) in [7, 11) is 4.55. The van der Waals surface area contributed by atoms with Crippen molar-refractivity contribution in [1.29, 1.82) is 0 Å². The Morgan fingerprint density at radius 1 is 1.33 bits per heavy atom. The van der Waals surface area contributed by atoms with Gasteiger partial charge in [0, 0.05) is 6.61 Å². The van der Waals surface area contributed by atoms with Crippen molar-refractivity contribution in [2.45, 2.75) is 0 Å². The van der Waals surface area contributed by atoms with Crippen molar-refractivity contribution in [2.75, 3.05) is 53.6 Å². The first-order valence-corrected chi connectivity index (χ1v) is 4.55. The molecule has 0 atom stereocenters. The van der Waals surface area contributed by atoms with Gasteiger partial charge < -0.3 is 9.22 Å². The third-order valence-electron chi connectivity index (χ3n) is 2.46. The highest BCUT2D eigenvalue weighted by molar-refractivity contribution is 4.58. The predicted octanol–water partition coefficient (Wildman–Crippen LogP) is 0.187. The lowest BCUT2D eigenvalue weighted by molar-refractivity contribution is -0.894. The highest BCUT2D eigenvalue weighted by Crippen LogP contribution is 2.05. The molecule has 0 spiro atoms. The average molecular weight is 172 g/mol. The number of likely N-dealkylation sites (N-methyl/N-ethyl adjacent to an activating group) is 1. The van der Waals surface area contributed by atoms with Gasteiger partial charge in [-0.3, -0.25) is 4.90 Å². The van der Waals surface area contributed by atoms with Crippen LogP contribution in [0.1, 0.15) is 0 Å². The Bertz CT molecular complexity index is 126. The summed E-state index contributed by atoms with van der Waals surface area (Å²) in [5, 5.41) is 0. The van der Waals surface area contributed by atoms with E-state index in [1.54, 1.807) is 0 Å². The molecule has 0 aliphatic carbocycles. The molecule has 3 heteroatoms. The third kappa shape index (κ3) is 3.09. The van der Waals surface area contributed by atoms with E-state index in [0.717, 1.165) is 24.3 Å². The molecule has 71 valence electrons. The normalized spacial score (nSPS) is 24.2. The van der Waals surface area contributed by atoms with E-state index in [-0.39, 0.29) is 0 Å². The standard InChI is InChI=1S/C9H20N2O/c1-4-12-9-10-5-7-11(2,3)8-6-10/h1,4-9H2,2-3H3/q+1. The van der Waals surface area contributed by atoms with E-state index < -0.39 is 0 Å². The molecule has 1 rings (SSSR count). The maximum Gasteiger partial charge on any atom is 0.0994 e. The maximum absolute atomic E-state index is 5.25. The Morgan fingerprint density at radius 3 is 2.42 bits per heavy atom. The van der Waals surface area contributed by atoms with E-state index >= 15 is 0 Å². The minimum absolute atomic E-state index is 0.578. The number of hydrogen-bond acceptors (Lipinski definition) is 2. The summed E-state index contributed by atoms with van der Waals surface area (Å²) in [6, 6.07) is 0. The molecule has 0 aromatic rings. The number of nitrogens with zero attached hydrogens (tertiary/aromatic N) is 2. The van der Waals surface area contributed by atoms with E-state index in [0.29, 0.717) is 6.61 Å². The molecule has 1 fully saturated rings. The highest BCUT2D eigenvalue weighted by atomic mass is 16.5. The highest BCUT2D eigenvalue weighted by Gasteiger charge is 2.23. The largest absolute Gasteiger partial charge is 0.366 e.